The largest absolute Gasteiger partial charge is 0.349 e. The smallest absolute Gasteiger partial charge is 0.255 e. The summed E-state index contributed by atoms with van der Waals surface area (Å²) in [6, 6.07) is 16.6. The maximum absolute atomic E-state index is 13.1. The molecule has 6 heteroatoms. The highest BCUT2D eigenvalue weighted by atomic mass is 35.5. The second kappa shape index (κ2) is 9.42. The standard InChI is InChI=1S/C23H27N3O2.ClH/c24-18-13-16-9-6-10-17(14-18)21(16)26-23(28)19-11-4-5-12-20(19)25-22(27)15-7-2-1-3-8-15;/h1-5,7-8,11-12,16-18,21H,6,9-10,13-14,24H2,(H,25,27)(H,26,28);1H. The van der Waals surface area contributed by atoms with Crippen molar-refractivity contribution >= 4 is 29.9 Å². The second-order valence-electron chi connectivity index (χ2n) is 8.05. The van der Waals surface area contributed by atoms with E-state index in [1.54, 1.807) is 24.3 Å². The molecule has 4 N–H and O–H groups in total. The van der Waals surface area contributed by atoms with Crippen LogP contribution < -0.4 is 16.4 Å². The summed E-state index contributed by atoms with van der Waals surface area (Å²) >= 11 is 0. The summed E-state index contributed by atoms with van der Waals surface area (Å²) in [7, 11) is 0. The van der Waals surface area contributed by atoms with Crippen LogP contribution in [0.3, 0.4) is 0 Å². The van der Waals surface area contributed by atoms with Crippen LogP contribution in [0.1, 0.15) is 52.8 Å². The van der Waals surface area contributed by atoms with Crippen LogP contribution in [0.5, 0.6) is 0 Å². The van der Waals surface area contributed by atoms with Gasteiger partial charge in [0.2, 0.25) is 0 Å². The summed E-state index contributed by atoms with van der Waals surface area (Å²) in [5.41, 5.74) is 7.80. The molecule has 2 aliphatic rings. The SMILES string of the molecule is Cl.NC1CC2CCCC(C1)C2NC(=O)c1ccccc1NC(=O)c1ccccc1. The molecule has 0 aromatic heterocycles. The number of hydrogen-bond donors (Lipinski definition) is 3. The summed E-state index contributed by atoms with van der Waals surface area (Å²) in [4.78, 5) is 25.6. The molecule has 2 aromatic carbocycles. The Bertz CT molecular complexity index is 844. The Morgan fingerprint density at radius 2 is 1.48 bits per heavy atom. The van der Waals surface area contributed by atoms with E-state index in [-0.39, 0.29) is 36.3 Å². The predicted octanol–water partition coefficient (Wildman–Crippen LogP) is 4.00. The fourth-order valence-electron chi connectivity index (χ4n) is 4.83. The topological polar surface area (TPSA) is 84.2 Å². The summed E-state index contributed by atoms with van der Waals surface area (Å²) in [5.74, 6) is 0.567. The van der Waals surface area contributed by atoms with E-state index in [0.717, 1.165) is 25.7 Å². The van der Waals surface area contributed by atoms with Gasteiger partial charge in [0.15, 0.2) is 0 Å². The van der Waals surface area contributed by atoms with Gasteiger partial charge in [-0.3, -0.25) is 9.59 Å². The fraction of sp³-hybridized carbons (Fsp3) is 0.391. The van der Waals surface area contributed by atoms with Gasteiger partial charge >= 0.3 is 0 Å². The second-order valence-corrected chi connectivity index (χ2v) is 8.05. The average Bonchev–Trinajstić information content (AvgIpc) is 2.69. The molecule has 2 amide bonds. The van der Waals surface area contributed by atoms with Crippen molar-refractivity contribution in [3.05, 3.63) is 65.7 Å². The van der Waals surface area contributed by atoms with E-state index >= 15 is 0 Å². The number of carbonyl (C=O) groups excluding carboxylic acids is 2. The molecule has 0 heterocycles. The molecule has 2 saturated carbocycles. The van der Waals surface area contributed by atoms with Crippen molar-refractivity contribution in [2.45, 2.75) is 44.2 Å². The van der Waals surface area contributed by atoms with E-state index in [0.29, 0.717) is 28.7 Å². The first-order valence-corrected chi connectivity index (χ1v) is 10.1. The molecule has 2 bridgehead atoms. The zero-order valence-corrected chi connectivity index (χ0v) is 17.2. The van der Waals surface area contributed by atoms with Gasteiger partial charge in [-0.1, -0.05) is 36.8 Å². The molecule has 2 aromatic rings. The van der Waals surface area contributed by atoms with Gasteiger partial charge in [0.1, 0.15) is 0 Å². The van der Waals surface area contributed by atoms with E-state index in [9.17, 15) is 9.59 Å². The van der Waals surface area contributed by atoms with Crippen LogP contribution in [-0.4, -0.2) is 23.9 Å². The highest BCUT2D eigenvalue weighted by molar-refractivity contribution is 6.09. The number of halogens is 1. The van der Waals surface area contributed by atoms with Crippen LogP contribution in [0.25, 0.3) is 0 Å². The maximum atomic E-state index is 13.1. The molecule has 0 radical (unpaired) electrons. The van der Waals surface area contributed by atoms with E-state index < -0.39 is 0 Å². The lowest BCUT2D eigenvalue weighted by Gasteiger charge is -2.45. The molecule has 0 saturated heterocycles. The van der Waals surface area contributed by atoms with Crippen LogP contribution in [0, 0.1) is 11.8 Å². The van der Waals surface area contributed by atoms with Crippen LogP contribution in [-0.2, 0) is 0 Å². The van der Waals surface area contributed by atoms with Crippen LogP contribution in [0.15, 0.2) is 54.6 Å². The Kier molecular flexibility index (Phi) is 6.93. The normalized spacial score (nSPS) is 25.4. The average molecular weight is 414 g/mol. The summed E-state index contributed by atoms with van der Waals surface area (Å²) in [5, 5.41) is 6.15. The van der Waals surface area contributed by atoms with Gasteiger partial charge in [0, 0.05) is 17.6 Å². The lowest BCUT2D eigenvalue weighted by Crippen LogP contribution is -2.53. The van der Waals surface area contributed by atoms with Crippen molar-refractivity contribution in [3.63, 3.8) is 0 Å². The minimum Gasteiger partial charge on any atom is -0.349 e. The number of benzene rings is 2. The first-order valence-electron chi connectivity index (χ1n) is 10.1. The maximum Gasteiger partial charge on any atom is 0.255 e. The zero-order valence-electron chi connectivity index (χ0n) is 16.3. The highest BCUT2D eigenvalue weighted by Crippen LogP contribution is 2.39. The number of nitrogens with two attached hydrogens (primary N) is 1. The number of carbonyl (C=O) groups is 2. The Labute approximate surface area is 177 Å². The highest BCUT2D eigenvalue weighted by Gasteiger charge is 2.40. The molecule has 2 atom stereocenters. The van der Waals surface area contributed by atoms with E-state index in [2.05, 4.69) is 10.6 Å². The molecule has 5 nitrogen and oxygen atoms in total. The third-order valence-electron chi connectivity index (χ3n) is 6.13. The van der Waals surface area contributed by atoms with Crippen molar-refractivity contribution in [1.82, 2.24) is 5.32 Å². The van der Waals surface area contributed by atoms with Crippen molar-refractivity contribution in [3.8, 4) is 0 Å². The van der Waals surface area contributed by atoms with Gasteiger partial charge in [-0.2, -0.15) is 0 Å². The van der Waals surface area contributed by atoms with Gasteiger partial charge in [0.05, 0.1) is 11.3 Å². The summed E-state index contributed by atoms with van der Waals surface area (Å²) in [6.45, 7) is 0. The zero-order chi connectivity index (χ0) is 19.5. The minimum atomic E-state index is -0.221. The Balaban J connectivity index is 0.00000240. The number of hydrogen-bond acceptors (Lipinski definition) is 3. The predicted molar refractivity (Wildman–Crippen MR) is 117 cm³/mol. The summed E-state index contributed by atoms with van der Waals surface area (Å²) < 4.78 is 0. The number of anilines is 1. The van der Waals surface area contributed by atoms with Crippen molar-refractivity contribution in [2.24, 2.45) is 17.6 Å². The lowest BCUT2D eigenvalue weighted by molar-refractivity contribution is 0.0757. The number of fused-ring (bicyclic) bond motifs is 2. The molecule has 0 aliphatic heterocycles. The third kappa shape index (κ3) is 4.80. The van der Waals surface area contributed by atoms with Crippen molar-refractivity contribution in [1.29, 1.82) is 0 Å². The number of nitrogens with one attached hydrogen (secondary N) is 2. The van der Waals surface area contributed by atoms with Crippen molar-refractivity contribution < 1.29 is 9.59 Å². The number of rotatable bonds is 4. The molecular formula is C23H28ClN3O2. The Morgan fingerprint density at radius 1 is 0.862 bits per heavy atom. The van der Waals surface area contributed by atoms with Crippen LogP contribution in [0.4, 0.5) is 5.69 Å². The molecule has 154 valence electrons. The molecule has 2 fully saturated rings. The van der Waals surface area contributed by atoms with Gasteiger partial charge in [-0.15, -0.1) is 12.4 Å². The summed E-state index contributed by atoms with van der Waals surface area (Å²) in [6.07, 6.45) is 5.43. The van der Waals surface area contributed by atoms with Crippen molar-refractivity contribution in [2.75, 3.05) is 5.32 Å². The minimum absolute atomic E-state index is 0. The van der Waals surface area contributed by atoms with Gasteiger partial charge in [-0.05, 0) is 61.8 Å². The van der Waals surface area contributed by atoms with E-state index in [1.165, 1.54) is 6.42 Å². The monoisotopic (exact) mass is 413 g/mol. The Hall–Kier alpha value is -2.37. The van der Waals surface area contributed by atoms with E-state index in [1.807, 2.05) is 30.3 Å². The first-order chi connectivity index (χ1) is 13.6. The number of para-hydroxylation sites is 1. The Morgan fingerprint density at radius 3 is 2.17 bits per heavy atom. The first kappa shape index (κ1) is 21.3. The molecule has 2 unspecified atom stereocenters. The van der Waals surface area contributed by atoms with Crippen LogP contribution >= 0.6 is 12.4 Å². The van der Waals surface area contributed by atoms with Crippen LogP contribution in [0.2, 0.25) is 0 Å². The third-order valence-corrected chi connectivity index (χ3v) is 6.13. The van der Waals surface area contributed by atoms with Gasteiger partial charge < -0.3 is 16.4 Å². The molecule has 2 aliphatic carbocycles. The molecule has 29 heavy (non-hydrogen) atoms. The molecule has 4 rings (SSSR count). The quantitative estimate of drug-likeness (QED) is 0.708. The number of amides is 2. The van der Waals surface area contributed by atoms with E-state index in [4.69, 9.17) is 5.73 Å². The lowest BCUT2D eigenvalue weighted by atomic mass is 9.67. The molecule has 0 spiro atoms. The fourth-order valence-corrected chi connectivity index (χ4v) is 4.83. The van der Waals surface area contributed by atoms with Gasteiger partial charge in [0.25, 0.3) is 11.8 Å². The van der Waals surface area contributed by atoms with Gasteiger partial charge in [-0.25, -0.2) is 0 Å². The molecular weight excluding hydrogens is 386 g/mol.